The van der Waals surface area contributed by atoms with Crippen molar-refractivity contribution in [3.8, 4) is 0 Å². The number of hydrogen-bond acceptors (Lipinski definition) is 2. The van der Waals surface area contributed by atoms with Crippen LogP contribution in [0.25, 0.3) is 10.9 Å². The first-order valence-electron chi connectivity index (χ1n) is 6.59. The number of carbonyl (C=O) groups excluding carboxylic acids is 1. The second-order valence-electron chi connectivity index (χ2n) is 4.84. The fourth-order valence-electron chi connectivity index (χ4n) is 2.35. The normalized spacial score (nSPS) is 10.8. The lowest BCUT2D eigenvalue weighted by atomic mass is 10.1. The van der Waals surface area contributed by atoms with E-state index < -0.39 is 0 Å². The number of esters is 1. The summed E-state index contributed by atoms with van der Waals surface area (Å²) in [5.74, 6) is -0.601. The molecule has 0 saturated heterocycles. The van der Waals surface area contributed by atoms with E-state index in [9.17, 15) is 9.18 Å². The summed E-state index contributed by atoms with van der Waals surface area (Å²) in [5, 5.41) is 1.05. The second-order valence-corrected chi connectivity index (χ2v) is 4.84. The van der Waals surface area contributed by atoms with Crippen LogP contribution in [0.3, 0.4) is 0 Å². The van der Waals surface area contributed by atoms with Crippen molar-refractivity contribution in [2.45, 2.75) is 6.54 Å². The molecule has 3 nitrogen and oxygen atoms in total. The standard InChI is InChI=1S/C17H14FNO2/c1-21-17(20)14-5-4-13-8-9-19(16(13)10-14)11-12-2-6-15(18)7-3-12/h2-10H,11H2,1H3. The quantitative estimate of drug-likeness (QED) is 0.687. The molecule has 3 rings (SSSR count). The van der Waals surface area contributed by atoms with Crippen LogP contribution in [0.15, 0.2) is 54.7 Å². The molecule has 0 fully saturated rings. The lowest BCUT2D eigenvalue weighted by Gasteiger charge is -2.07. The van der Waals surface area contributed by atoms with Gasteiger partial charge < -0.3 is 9.30 Å². The zero-order chi connectivity index (χ0) is 14.8. The van der Waals surface area contributed by atoms with E-state index in [2.05, 4.69) is 0 Å². The number of fused-ring (bicyclic) bond motifs is 1. The van der Waals surface area contributed by atoms with Crippen LogP contribution in [0.4, 0.5) is 4.39 Å². The number of methoxy groups -OCH3 is 1. The Morgan fingerprint density at radius 1 is 1.14 bits per heavy atom. The van der Waals surface area contributed by atoms with Gasteiger partial charge in [0.25, 0.3) is 0 Å². The predicted molar refractivity (Wildman–Crippen MR) is 78.8 cm³/mol. The highest BCUT2D eigenvalue weighted by Crippen LogP contribution is 2.19. The van der Waals surface area contributed by atoms with Gasteiger partial charge in [-0.2, -0.15) is 0 Å². The molecule has 0 saturated carbocycles. The van der Waals surface area contributed by atoms with Crippen molar-refractivity contribution < 1.29 is 13.9 Å². The number of benzene rings is 2. The number of halogens is 1. The highest BCUT2D eigenvalue weighted by Gasteiger charge is 2.08. The number of carbonyl (C=O) groups is 1. The fraction of sp³-hybridized carbons (Fsp3) is 0.118. The molecule has 3 aromatic rings. The summed E-state index contributed by atoms with van der Waals surface area (Å²) in [5.41, 5.74) is 2.46. The van der Waals surface area contributed by atoms with Crippen LogP contribution in [0.5, 0.6) is 0 Å². The Labute approximate surface area is 121 Å². The molecule has 0 bridgehead atoms. The summed E-state index contributed by atoms with van der Waals surface area (Å²) in [6.07, 6.45) is 1.95. The molecule has 0 unspecified atom stereocenters. The summed E-state index contributed by atoms with van der Waals surface area (Å²) < 4.78 is 19.7. The molecule has 0 spiro atoms. The van der Waals surface area contributed by atoms with E-state index in [1.54, 1.807) is 18.2 Å². The van der Waals surface area contributed by atoms with Crippen LogP contribution >= 0.6 is 0 Å². The summed E-state index contributed by atoms with van der Waals surface area (Å²) in [7, 11) is 1.37. The van der Waals surface area contributed by atoms with Crippen molar-refractivity contribution in [1.82, 2.24) is 4.57 Å². The van der Waals surface area contributed by atoms with Crippen molar-refractivity contribution in [2.75, 3.05) is 7.11 Å². The highest BCUT2D eigenvalue weighted by molar-refractivity contribution is 5.94. The van der Waals surface area contributed by atoms with E-state index >= 15 is 0 Å². The summed E-state index contributed by atoms with van der Waals surface area (Å²) in [6, 6.07) is 13.8. The molecule has 0 aliphatic carbocycles. The Morgan fingerprint density at radius 2 is 1.90 bits per heavy atom. The molecule has 1 heterocycles. The van der Waals surface area contributed by atoms with E-state index in [1.165, 1.54) is 19.2 Å². The number of rotatable bonds is 3. The predicted octanol–water partition coefficient (Wildman–Crippen LogP) is 3.62. The van der Waals surface area contributed by atoms with Crippen molar-refractivity contribution in [2.24, 2.45) is 0 Å². The zero-order valence-corrected chi connectivity index (χ0v) is 11.5. The van der Waals surface area contributed by atoms with E-state index in [1.807, 2.05) is 29.0 Å². The highest BCUT2D eigenvalue weighted by atomic mass is 19.1. The first kappa shape index (κ1) is 13.4. The lowest BCUT2D eigenvalue weighted by Crippen LogP contribution is -2.02. The van der Waals surface area contributed by atoms with Crippen molar-refractivity contribution in [3.63, 3.8) is 0 Å². The van der Waals surface area contributed by atoms with Gasteiger partial charge in [-0.25, -0.2) is 9.18 Å². The van der Waals surface area contributed by atoms with Crippen molar-refractivity contribution in [1.29, 1.82) is 0 Å². The lowest BCUT2D eigenvalue weighted by molar-refractivity contribution is 0.0601. The minimum absolute atomic E-state index is 0.246. The van der Waals surface area contributed by atoms with Crippen LogP contribution in [0.2, 0.25) is 0 Å². The van der Waals surface area contributed by atoms with Gasteiger partial charge in [0.2, 0.25) is 0 Å². The summed E-state index contributed by atoms with van der Waals surface area (Å²) in [4.78, 5) is 11.6. The molecular weight excluding hydrogens is 269 g/mol. The summed E-state index contributed by atoms with van der Waals surface area (Å²) in [6.45, 7) is 0.619. The number of hydrogen-bond donors (Lipinski definition) is 0. The van der Waals surface area contributed by atoms with Crippen molar-refractivity contribution in [3.05, 3.63) is 71.7 Å². The third-order valence-corrected chi connectivity index (χ3v) is 3.46. The largest absolute Gasteiger partial charge is 0.465 e. The Bertz CT molecular complexity index is 790. The Hall–Kier alpha value is -2.62. The Balaban J connectivity index is 1.98. The molecule has 21 heavy (non-hydrogen) atoms. The minimum atomic E-state index is -0.355. The first-order chi connectivity index (χ1) is 10.2. The van der Waals surface area contributed by atoms with E-state index in [0.29, 0.717) is 12.1 Å². The Morgan fingerprint density at radius 3 is 2.62 bits per heavy atom. The average molecular weight is 283 g/mol. The number of aromatic nitrogens is 1. The van der Waals surface area contributed by atoms with Crippen LogP contribution < -0.4 is 0 Å². The Kier molecular flexibility index (Phi) is 3.44. The van der Waals surface area contributed by atoms with Gasteiger partial charge in [-0.1, -0.05) is 18.2 Å². The van der Waals surface area contributed by atoms with Crippen LogP contribution in [0.1, 0.15) is 15.9 Å². The van der Waals surface area contributed by atoms with Gasteiger partial charge in [0, 0.05) is 18.3 Å². The molecule has 1 aromatic heterocycles. The summed E-state index contributed by atoms with van der Waals surface area (Å²) >= 11 is 0. The maximum Gasteiger partial charge on any atom is 0.337 e. The van der Waals surface area contributed by atoms with Gasteiger partial charge in [-0.05, 0) is 41.3 Å². The molecule has 2 aromatic carbocycles. The minimum Gasteiger partial charge on any atom is -0.465 e. The molecule has 106 valence electrons. The van der Waals surface area contributed by atoms with Gasteiger partial charge in [0.05, 0.1) is 12.7 Å². The maximum absolute atomic E-state index is 12.9. The number of ether oxygens (including phenoxy) is 1. The molecule has 0 aliphatic rings. The van der Waals surface area contributed by atoms with Crippen LogP contribution in [-0.2, 0) is 11.3 Å². The monoisotopic (exact) mass is 283 g/mol. The SMILES string of the molecule is COC(=O)c1ccc2ccn(Cc3ccc(F)cc3)c2c1. The van der Waals surface area contributed by atoms with Crippen molar-refractivity contribution >= 4 is 16.9 Å². The number of nitrogens with zero attached hydrogens (tertiary/aromatic N) is 1. The van der Waals surface area contributed by atoms with Gasteiger partial charge in [-0.15, -0.1) is 0 Å². The van der Waals surface area contributed by atoms with Gasteiger partial charge in [0.15, 0.2) is 0 Å². The zero-order valence-electron chi connectivity index (χ0n) is 11.5. The van der Waals surface area contributed by atoms with Gasteiger partial charge in [-0.3, -0.25) is 0 Å². The van der Waals surface area contributed by atoms with E-state index in [0.717, 1.165) is 16.5 Å². The fourth-order valence-corrected chi connectivity index (χ4v) is 2.35. The topological polar surface area (TPSA) is 31.2 Å². The van der Waals surface area contributed by atoms with Crippen LogP contribution in [-0.4, -0.2) is 17.6 Å². The second kappa shape index (κ2) is 5.40. The van der Waals surface area contributed by atoms with E-state index in [-0.39, 0.29) is 11.8 Å². The smallest absolute Gasteiger partial charge is 0.337 e. The molecule has 0 N–H and O–H groups in total. The maximum atomic E-state index is 12.9. The third kappa shape index (κ3) is 2.65. The molecule has 4 heteroatoms. The molecule has 0 aliphatic heterocycles. The van der Waals surface area contributed by atoms with Crippen LogP contribution in [0, 0.1) is 5.82 Å². The van der Waals surface area contributed by atoms with Gasteiger partial charge >= 0.3 is 5.97 Å². The molecule has 0 radical (unpaired) electrons. The molecule has 0 amide bonds. The first-order valence-corrected chi connectivity index (χ1v) is 6.59. The molecule has 0 atom stereocenters. The van der Waals surface area contributed by atoms with Gasteiger partial charge in [0.1, 0.15) is 5.82 Å². The third-order valence-electron chi connectivity index (χ3n) is 3.46. The molecular formula is C17H14FNO2. The average Bonchev–Trinajstić information content (AvgIpc) is 2.91. The van der Waals surface area contributed by atoms with E-state index in [4.69, 9.17) is 4.74 Å².